The Bertz CT molecular complexity index is 1980. The van der Waals surface area contributed by atoms with Crippen molar-refractivity contribution in [1.29, 1.82) is 0 Å². The van der Waals surface area contributed by atoms with Crippen LogP contribution < -0.4 is 0 Å². The molecule has 0 amide bonds. The van der Waals surface area contributed by atoms with Gasteiger partial charge in [0.2, 0.25) is 0 Å². The fourth-order valence-corrected chi connectivity index (χ4v) is 14.7. The van der Waals surface area contributed by atoms with E-state index in [1.807, 2.05) is 6.92 Å². The number of aliphatic hydroxyl groups excluding tert-OH is 14. The summed E-state index contributed by atoms with van der Waals surface area (Å²) in [6.07, 6.45) is -23.9. The smallest absolute Gasteiger partial charge is 0.187 e. The Hall–Kier alpha value is -1.60. The van der Waals surface area contributed by atoms with Crippen LogP contribution in [0.4, 0.5) is 0 Å². The fourth-order valence-electron chi connectivity index (χ4n) is 14.7. The molecule has 9 aliphatic rings. The quantitative estimate of drug-likeness (QED) is 0.0723. The molecule has 23 heteroatoms. The Morgan fingerprint density at radius 3 is 1.86 bits per heavy atom. The van der Waals surface area contributed by atoms with Crippen molar-refractivity contribution in [2.75, 3.05) is 26.4 Å². The Labute approximate surface area is 430 Å². The van der Waals surface area contributed by atoms with Gasteiger partial charge in [0.05, 0.1) is 38.6 Å². The van der Waals surface area contributed by atoms with E-state index in [1.54, 1.807) is 0 Å². The first-order chi connectivity index (χ1) is 35.1. The molecule has 0 radical (unpaired) electrons. The van der Waals surface area contributed by atoms with Crippen LogP contribution in [0.2, 0.25) is 0 Å². The molecule has 23 nitrogen and oxygen atoms in total. The zero-order valence-corrected chi connectivity index (χ0v) is 42.7. The van der Waals surface area contributed by atoms with E-state index in [1.165, 1.54) is 12.5 Å². The summed E-state index contributed by atoms with van der Waals surface area (Å²) < 4.78 is 54.2. The zero-order valence-electron chi connectivity index (χ0n) is 42.7. The first-order valence-corrected chi connectivity index (χ1v) is 26.6. The molecule has 4 saturated heterocycles. The monoisotopic (exact) mass is 1060 g/mol. The van der Waals surface area contributed by atoms with Crippen molar-refractivity contribution in [2.24, 2.45) is 40.4 Å². The zero-order chi connectivity index (χ0) is 53.5. The molecule has 14 N–H and O–H groups in total. The van der Waals surface area contributed by atoms with Gasteiger partial charge in [0.15, 0.2) is 25.2 Å². The highest BCUT2D eigenvalue weighted by atomic mass is 16.8. The van der Waals surface area contributed by atoms with Crippen molar-refractivity contribution in [3.05, 3.63) is 23.0 Å². The van der Waals surface area contributed by atoms with Crippen molar-refractivity contribution in [1.82, 2.24) is 0 Å². The standard InChI is InChI=1S/C51H82O23/c1-19(18-66-46-39(62)37(60)34(57)29(15-52)70-46)12-27(55)43-20(2)32-28(69-43)14-26-24-7-6-22-13-23(8-10-50(22,4)25(24)9-11-51(26,32)5)68-49-42(65)45(74-48-41(64)38(61)35(58)30(16-53)71-48)44(31(17-54)72-49)73-47-40(63)36(59)33(56)21(3)67-47/h6,19,21,23-42,44-49,52-65H,7-18H2,1-5H3/t19-,21+,23+,24-,25+,26+,27?,28+,29-,30-,31-,32+,33+,34-,35-,36-,37+,38+,39-,40-,41-,42-,44-,45-,46-,47+,48+,49-,50+,51+/m1/s1. The molecule has 0 bridgehead atoms. The minimum Gasteiger partial charge on any atom is -0.491 e. The molecule has 0 aromatic carbocycles. The highest BCUT2D eigenvalue weighted by molar-refractivity contribution is 5.31. The van der Waals surface area contributed by atoms with Gasteiger partial charge in [-0.05, 0) is 105 Å². The Morgan fingerprint density at radius 1 is 0.649 bits per heavy atom. The van der Waals surface area contributed by atoms with E-state index in [0.29, 0.717) is 42.8 Å². The predicted octanol–water partition coefficient (Wildman–Crippen LogP) is -3.09. The van der Waals surface area contributed by atoms with Gasteiger partial charge in [0.1, 0.15) is 110 Å². The summed E-state index contributed by atoms with van der Waals surface area (Å²) in [5.41, 5.74) is 2.10. The molecule has 3 saturated carbocycles. The van der Waals surface area contributed by atoms with Crippen LogP contribution in [-0.2, 0) is 42.6 Å². The van der Waals surface area contributed by atoms with E-state index in [4.69, 9.17) is 42.6 Å². The second-order valence-corrected chi connectivity index (χ2v) is 23.4. The van der Waals surface area contributed by atoms with E-state index in [9.17, 15) is 71.5 Å². The highest BCUT2D eigenvalue weighted by Crippen LogP contribution is 2.69. The van der Waals surface area contributed by atoms with Crippen LogP contribution in [0.3, 0.4) is 0 Å². The number of hydrogen-bond acceptors (Lipinski definition) is 23. The fraction of sp³-hybridized carbons (Fsp3) is 0.922. The second kappa shape index (κ2) is 22.5. The largest absolute Gasteiger partial charge is 0.491 e. The second-order valence-electron chi connectivity index (χ2n) is 23.4. The topological polar surface area (TPSA) is 366 Å². The lowest BCUT2D eigenvalue weighted by atomic mass is 9.47. The molecule has 74 heavy (non-hydrogen) atoms. The molecule has 7 fully saturated rings. The van der Waals surface area contributed by atoms with Gasteiger partial charge in [0, 0.05) is 5.92 Å². The lowest BCUT2D eigenvalue weighted by molar-refractivity contribution is -0.388. The third-order valence-electron chi connectivity index (χ3n) is 18.9. The lowest BCUT2D eigenvalue weighted by Crippen LogP contribution is -2.67. The highest BCUT2D eigenvalue weighted by Gasteiger charge is 2.64. The maximum atomic E-state index is 12.1. The number of aliphatic hydroxyl groups is 14. The molecule has 0 aromatic rings. The number of allylic oxidation sites excluding steroid dienone is 1. The normalized spacial score (nSPS) is 52.3. The van der Waals surface area contributed by atoms with Gasteiger partial charge in [0.25, 0.3) is 0 Å². The third-order valence-corrected chi connectivity index (χ3v) is 18.9. The molecule has 9 rings (SSSR count). The molecular formula is C51H82O23. The van der Waals surface area contributed by atoms with Gasteiger partial charge in [-0.15, -0.1) is 0 Å². The van der Waals surface area contributed by atoms with E-state index in [0.717, 1.165) is 37.7 Å². The summed E-state index contributed by atoms with van der Waals surface area (Å²) in [7, 11) is 0. The van der Waals surface area contributed by atoms with Gasteiger partial charge in [-0.25, -0.2) is 0 Å². The molecule has 1 unspecified atom stereocenters. The van der Waals surface area contributed by atoms with Crippen LogP contribution in [0.15, 0.2) is 23.0 Å². The molecular weight excluding hydrogens is 981 g/mol. The summed E-state index contributed by atoms with van der Waals surface area (Å²) in [5, 5.41) is 148. The molecule has 424 valence electrons. The third kappa shape index (κ3) is 10.2. The van der Waals surface area contributed by atoms with Crippen LogP contribution in [0.25, 0.3) is 0 Å². The van der Waals surface area contributed by atoms with E-state index >= 15 is 0 Å². The van der Waals surface area contributed by atoms with Crippen LogP contribution in [0.1, 0.15) is 86.0 Å². The molecule has 4 aliphatic carbocycles. The Balaban J connectivity index is 0.852. The van der Waals surface area contributed by atoms with Crippen molar-refractivity contribution < 1.29 is 114 Å². The van der Waals surface area contributed by atoms with Crippen LogP contribution in [-0.4, -0.2) is 239 Å². The van der Waals surface area contributed by atoms with Gasteiger partial charge in [-0.1, -0.05) is 32.4 Å². The van der Waals surface area contributed by atoms with Gasteiger partial charge >= 0.3 is 0 Å². The molecule has 5 aliphatic heterocycles. The van der Waals surface area contributed by atoms with Crippen LogP contribution in [0, 0.1) is 40.4 Å². The summed E-state index contributed by atoms with van der Waals surface area (Å²) in [6.45, 7) is 8.13. The number of fused-ring (bicyclic) bond motifs is 7. The summed E-state index contributed by atoms with van der Waals surface area (Å²) in [5.74, 6) is 1.65. The average Bonchev–Trinajstić information content (AvgIpc) is 3.88. The molecule has 0 aromatic heterocycles. The molecule has 0 spiro atoms. The van der Waals surface area contributed by atoms with Crippen LogP contribution >= 0.6 is 0 Å². The minimum absolute atomic E-state index is 0.0642. The van der Waals surface area contributed by atoms with Crippen molar-refractivity contribution in [2.45, 2.75) is 227 Å². The first kappa shape index (κ1) is 57.1. The number of hydrogen-bond donors (Lipinski definition) is 14. The number of ether oxygens (including phenoxy) is 9. The summed E-state index contributed by atoms with van der Waals surface area (Å²) >= 11 is 0. The molecule has 5 heterocycles. The van der Waals surface area contributed by atoms with Crippen molar-refractivity contribution in [3.63, 3.8) is 0 Å². The van der Waals surface area contributed by atoms with Crippen molar-refractivity contribution >= 4 is 0 Å². The van der Waals surface area contributed by atoms with Crippen LogP contribution in [0.5, 0.6) is 0 Å². The summed E-state index contributed by atoms with van der Waals surface area (Å²) in [4.78, 5) is 0. The average molecular weight is 1060 g/mol. The van der Waals surface area contributed by atoms with Gasteiger partial charge in [-0.3, -0.25) is 0 Å². The summed E-state index contributed by atoms with van der Waals surface area (Å²) in [6, 6.07) is 0. The van der Waals surface area contributed by atoms with E-state index in [-0.39, 0.29) is 35.4 Å². The Morgan fingerprint density at radius 2 is 1.22 bits per heavy atom. The molecule has 30 atom stereocenters. The Kier molecular flexibility index (Phi) is 17.4. The number of rotatable bonds is 15. The lowest BCUT2D eigenvalue weighted by Gasteiger charge is -2.58. The van der Waals surface area contributed by atoms with Crippen molar-refractivity contribution in [3.8, 4) is 0 Å². The predicted molar refractivity (Wildman–Crippen MR) is 250 cm³/mol. The van der Waals surface area contributed by atoms with E-state index in [2.05, 4.69) is 26.8 Å². The van der Waals surface area contributed by atoms with E-state index < -0.39 is 155 Å². The maximum Gasteiger partial charge on any atom is 0.187 e. The van der Waals surface area contributed by atoms with Gasteiger partial charge < -0.3 is 114 Å². The minimum atomic E-state index is -1.88. The first-order valence-electron chi connectivity index (χ1n) is 26.6. The van der Waals surface area contributed by atoms with Gasteiger partial charge in [-0.2, -0.15) is 0 Å². The SMILES string of the molecule is CC1=C(C(O)C[C@@H](C)CO[C@@H]2O[C@H](CO)[C@@H](O)[C@H](O)[C@H]2O)O[C@H]2C[C@H]3[C@@H]4CC=C5C[C@@H](O[C@@H]6O[C@H](CO)[C@@H](O[C@@H]7O[C@@H](C)[C@H](O)[C@@H](O)[C@H]7O)[C@H](O[C@@H]7O[C@H](CO)[C@@H](O)[C@H](O)[C@H]7O)[C@H]6O)CC[C@]5(C)[C@H]4CC[C@]3(C)[C@@H]12. The maximum absolute atomic E-state index is 12.1.